The lowest BCUT2D eigenvalue weighted by atomic mass is 10.2. The largest absolute Gasteiger partial charge is 0.494 e. The zero-order chi connectivity index (χ0) is 14.7. The summed E-state index contributed by atoms with van der Waals surface area (Å²) in [6.07, 6.45) is 4.71. The summed E-state index contributed by atoms with van der Waals surface area (Å²) in [4.78, 5) is 4.56. The highest BCUT2D eigenvalue weighted by Gasteiger charge is 2.05. The van der Waals surface area contributed by atoms with E-state index in [9.17, 15) is 0 Å². The Morgan fingerprint density at radius 2 is 1.95 bits per heavy atom. The summed E-state index contributed by atoms with van der Waals surface area (Å²) < 4.78 is 7.44. The number of hydrogen-bond donors (Lipinski definition) is 0. The number of fused-ring (bicyclic) bond motifs is 1. The minimum atomic E-state index is 0.620. The highest BCUT2D eigenvalue weighted by Crippen LogP contribution is 2.22. The van der Waals surface area contributed by atoms with E-state index in [1.54, 1.807) is 12.3 Å². The van der Waals surface area contributed by atoms with Gasteiger partial charge in [-0.25, -0.2) is 4.98 Å². The standard InChI is InChI=1S/C17H15N3O/c1-2-9-21-15-6-4-14(5-7-15)16-12-20-11-13(10-18)3-8-17(20)19-16/h3-8,11-12H,2,9H2,1H3. The Bertz CT molecular complexity index is 797. The maximum absolute atomic E-state index is 8.92. The summed E-state index contributed by atoms with van der Waals surface area (Å²) in [5, 5.41) is 8.92. The van der Waals surface area contributed by atoms with E-state index in [1.807, 2.05) is 40.9 Å². The molecule has 2 heterocycles. The van der Waals surface area contributed by atoms with Crippen molar-refractivity contribution in [2.24, 2.45) is 0 Å². The maximum atomic E-state index is 8.92. The van der Waals surface area contributed by atoms with Gasteiger partial charge in [0.2, 0.25) is 0 Å². The van der Waals surface area contributed by atoms with Gasteiger partial charge < -0.3 is 9.14 Å². The molecular formula is C17H15N3O. The first-order valence-electron chi connectivity index (χ1n) is 6.92. The Kier molecular flexibility index (Phi) is 3.57. The van der Waals surface area contributed by atoms with Crippen LogP contribution in [0.5, 0.6) is 5.75 Å². The Hall–Kier alpha value is -2.80. The molecule has 0 aliphatic carbocycles. The average Bonchev–Trinajstić information content (AvgIpc) is 2.96. The maximum Gasteiger partial charge on any atom is 0.137 e. The van der Waals surface area contributed by atoms with Gasteiger partial charge in [-0.1, -0.05) is 6.92 Å². The molecular weight excluding hydrogens is 262 g/mol. The Morgan fingerprint density at radius 1 is 1.14 bits per heavy atom. The van der Waals surface area contributed by atoms with Crippen LogP contribution < -0.4 is 4.74 Å². The summed E-state index contributed by atoms with van der Waals surface area (Å²) in [5.41, 5.74) is 3.36. The second kappa shape index (κ2) is 5.68. The zero-order valence-electron chi connectivity index (χ0n) is 11.8. The molecule has 3 aromatic rings. The van der Waals surface area contributed by atoms with Crippen molar-refractivity contribution in [2.75, 3.05) is 6.61 Å². The van der Waals surface area contributed by atoms with Crippen LogP contribution in [0.4, 0.5) is 0 Å². The van der Waals surface area contributed by atoms with Crippen molar-refractivity contribution in [1.29, 1.82) is 5.26 Å². The normalized spacial score (nSPS) is 10.5. The first kappa shape index (κ1) is 13.2. The van der Waals surface area contributed by atoms with Gasteiger partial charge in [0.15, 0.2) is 0 Å². The van der Waals surface area contributed by atoms with E-state index in [2.05, 4.69) is 18.0 Å². The number of pyridine rings is 1. The third-order valence-electron chi connectivity index (χ3n) is 3.20. The fourth-order valence-corrected chi connectivity index (χ4v) is 2.14. The zero-order valence-corrected chi connectivity index (χ0v) is 11.8. The van der Waals surface area contributed by atoms with E-state index in [-0.39, 0.29) is 0 Å². The second-order valence-corrected chi connectivity index (χ2v) is 4.79. The number of ether oxygens (including phenoxy) is 1. The summed E-state index contributed by atoms with van der Waals surface area (Å²) in [7, 11) is 0. The van der Waals surface area contributed by atoms with Gasteiger partial charge in [0, 0.05) is 18.0 Å². The van der Waals surface area contributed by atoms with Gasteiger partial charge in [-0.3, -0.25) is 0 Å². The predicted octanol–water partition coefficient (Wildman–Crippen LogP) is 3.66. The summed E-state index contributed by atoms with van der Waals surface area (Å²) >= 11 is 0. The van der Waals surface area contributed by atoms with Crippen molar-refractivity contribution in [1.82, 2.24) is 9.38 Å². The number of hydrogen-bond acceptors (Lipinski definition) is 3. The molecule has 0 spiro atoms. The molecule has 0 saturated heterocycles. The van der Waals surface area contributed by atoms with E-state index in [0.717, 1.165) is 35.7 Å². The molecule has 2 aromatic heterocycles. The van der Waals surface area contributed by atoms with Gasteiger partial charge in [-0.2, -0.15) is 5.26 Å². The molecule has 0 saturated carbocycles. The molecule has 0 aliphatic rings. The lowest BCUT2D eigenvalue weighted by Gasteiger charge is -2.04. The fraction of sp³-hybridized carbons (Fsp3) is 0.176. The van der Waals surface area contributed by atoms with Crippen LogP contribution in [0.15, 0.2) is 48.8 Å². The van der Waals surface area contributed by atoms with Crippen LogP contribution in [0.3, 0.4) is 0 Å². The van der Waals surface area contributed by atoms with Crippen LogP contribution in [0.2, 0.25) is 0 Å². The van der Waals surface area contributed by atoms with Gasteiger partial charge in [0.25, 0.3) is 0 Å². The van der Waals surface area contributed by atoms with E-state index >= 15 is 0 Å². The number of nitriles is 1. The molecule has 0 unspecified atom stereocenters. The van der Waals surface area contributed by atoms with Gasteiger partial charge >= 0.3 is 0 Å². The highest BCUT2D eigenvalue weighted by atomic mass is 16.5. The number of imidazole rings is 1. The SMILES string of the molecule is CCCOc1ccc(-c2cn3cc(C#N)ccc3n2)cc1. The molecule has 0 bridgehead atoms. The fourth-order valence-electron chi connectivity index (χ4n) is 2.14. The highest BCUT2D eigenvalue weighted by molar-refractivity contribution is 5.63. The minimum Gasteiger partial charge on any atom is -0.494 e. The number of aromatic nitrogens is 2. The molecule has 0 N–H and O–H groups in total. The molecule has 21 heavy (non-hydrogen) atoms. The van der Waals surface area contributed by atoms with Gasteiger partial charge in [0.05, 0.1) is 17.9 Å². The first-order chi connectivity index (χ1) is 10.3. The Labute approximate surface area is 123 Å². The van der Waals surface area contributed by atoms with Crippen LogP contribution in [0, 0.1) is 11.3 Å². The lowest BCUT2D eigenvalue weighted by molar-refractivity contribution is 0.317. The van der Waals surface area contributed by atoms with E-state index in [4.69, 9.17) is 10.00 Å². The van der Waals surface area contributed by atoms with Crippen molar-refractivity contribution < 1.29 is 4.74 Å². The molecule has 104 valence electrons. The monoisotopic (exact) mass is 277 g/mol. The lowest BCUT2D eigenvalue weighted by Crippen LogP contribution is -1.94. The molecule has 0 atom stereocenters. The quantitative estimate of drug-likeness (QED) is 0.731. The smallest absolute Gasteiger partial charge is 0.137 e. The third kappa shape index (κ3) is 2.72. The first-order valence-corrected chi connectivity index (χ1v) is 6.92. The van der Waals surface area contributed by atoms with E-state index in [1.165, 1.54) is 0 Å². The van der Waals surface area contributed by atoms with Crippen molar-refractivity contribution in [3.63, 3.8) is 0 Å². The van der Waals surface area contributed by atoms with Crippen LogP contribution in [-0.2, 0) is 0 Å². The number of nitrogens with zero attached hydrogens (tertiary/aromatic N) is 3. The van der Waals surface area contributed by atoms with Gasteiger partial charge in [-0.15, -0.1) is 0 Å². The minimum absolute atomic E-state index is 0.620. The van der Waals surface area contributed by atoms with E-state index < -0.39 is 0 Å². The molecule has 0 amide bonds. The van der Waals surface area contributed by atoms with Crippen molar-refractivity contribution >= 4 is 5.65 Å². The Balaban J connectivity index is 1.91. The molecule has 3 rings (SSSR count). The summed E-state index contributed by atoms with van der Waals surface area (Å²) in [6.45, 7) is 2.81. The van der Waals surface area contributed by atoms with Gasteiger partial charge in [-0.05, 0) is 42.8 Å². The van der Waals surface area contributed by atoms with Crippen LogP contribution >= 0.6 is 0 Å². The molecule has 0 fully saturated rings. The van der Waals surface area contributed by atoms with Crippen molar-refractivity contribution in [3.8, 4) is 23.1 Å². The van der Waals surface area contributed by atoms with Crippen LogP contribution in [0.1, 0.15) is 18.9 Å². The van der Waals surface area contributed by atoms with Crippen LogP contribution in [0.25, 0.3) is 16.9 Å². The summed E-state index contributed by atoms with van der Waals surface area (Å²) in [5.74, 6) is 0.871. The average molecular weight is 277 g/mol. The predicted molar refractivity (Wildman–Crippen MR) is 81.1 cm³/mol. The molecule has 4 nitrogen and oxygen atoms in total. The molecule has 0 radical (unpaired) electrons. The molecule has 1 aromatic carbocycles. The number of rotatable bonds is 4. The topological polar surface area (TPSA) is 50.3 Å². The molecule has 0 aliphatic heterocycles. The second-order valence-electron chi connectivity index (χ2n) is 4.79. The van der Waals surface area contributed by atoms with Crippen LogP contribution in [-0.4, -0.2) is 16.0 Å². The summed E-state index contributed by atoms with van der Waals surface area (Å²) in [6, 6.07) is 13.7. The third-order valence-corrected chi connectivity index (χ3v) is 3.20. The Morgan fingerprint density at radius 3 is 2.67 bits per heavy atom. The van der Waals surface area contributed by atoms with Crippen molar-refractivity contribution in [3.05, 3.63) is 54.4 Å². The molecule has 4 heteroatoms. The number of benzene rings is 1. The van der Waals surface area contributed by atoms with E-state index in [0.29, 0.717) is 5.56 Å². The van der Waals surface area contributed by atoms with Gasteiger partial charge in [0.1, 0.15) is 17.5 Å². The van der Waals surface area contributed by atoms with Crippen molar-refractivity contribution in [2.45, 2.75) is 13.3 Å².